The van der Waals surface area contributed by atoms with E-state index in [1.54, 1.807) is 16.9 Å². The second kappa shape index (κ2) is 9.31. The number of hydrogen-bond donors (Lipinski definition) is 0. The van der Waals surface area contributed by atoms with Gasteiger partial charge >= 0.3 is 0 Å². The van der Waals surface area contributed by atoms with Crippen LogP contribution in [-0.2, 0) is 6.54 Å². The number of aromatic nitrogens is 2. The predicted molar refractivity (Wildman–Crippen MR) is 79.3 cm³/mol. The first-order chi connectivity index (χ1) is 8.74. The van der Waals surface area contributed by atoms with E-state index in [9.17, 15) is 4.79 Å². The fourth-order valence-corrected chi connectivity index (χ4v) is 2.33. The van der Waals surface area contributed by atoms with E-state index in [1.807, 2.05) is 6.92 Å². The van der Waals surface area contributed by atoms with Gasteiger partial charge in [0.2, 0.25) is 0 Å². The van der Waals surface area contributed by atoms with Crippen LogP contribution in [0, 0.1) is 6.92 Å². The molecule has 3 nitrogen and oxygen atoms in total. The Morgan fingerprint density at radius 3 is 2.33 bits per heavy atom. The van der Waals surface area contributed by atoms with Crippen LogP contribution in [0.25, 0.3) is 0 Å². The third-order valence-electron chi connectivity index (χ3n) is 3.01. The van der Waals surface area contributed by atoms with Gasteiger partial charge in [-0.15, -0.1) is 0 Å². The van der Waals surface area contributed by atoms with Gasteiger partial charge in [-0.25, -0.2) is 4.68 Å². The van der Waals surface area contributed by atoms with Gasteiger partial charge in [-0.2, -0.15) is 5.10 Å². The van der Waals surface area contributed by atoms with Gasteiger partial charge in [0.25, 0.3) is 5.56 Å². The van der Waals surface area contributed by atoms with Crippen LogP contribution in [-0.4, -0.2) is 15.1 Å². The average Bonchev–Trinajstić information content (AvgIpc) is 2.35. The van der Waals surface area contributed by atoms with Gasteiger partial charge in [-0.1, -0.05) is 48.0 Å². The minimum absolute atomic E-state index is 0.0207. The Kier molecular flexibility index (Phi) is 7.98. The van der Waals surface area contributed by atoms with Crippen molar-refractivity contribution in [3.05, 3.63) is 28.2 Å². The number of unbranched alkanes of at least 4 members (excludes halogenated alkanes) is 6. The molecule has 0 fully saturated rings. The molecule has 0 aliphatic rings. The van der Waals surface area contributed by atoms with Gasteiger partial charge in [-0.3, -0.25) is 4.79 Å². The molecule has 1 heterocycles. The molecule has 0 aromatic carbocycles. The van der Waals surface area contributed by atoms with E-state index in [0.29, 0.717) is 0 Å². The molecule has 1 aromatic rings. The first-order valence-electron chi connectivity index (χ1n) is 6.84. The molecular formula is C14H23BrN2O. The Labute approximate surface area is 118 Å². The lowest BCUT2D eigenvalue weighted by Crippen LogP contribution is -2.22. The summed E-state index contributed by atoms with van der Waals surface area (Å²) in [6.45, 7) is 2.65. The zero-order valence-corrected chi connectivity index (χ0v) is 12.8. The summed E-state index contributed by atoms with van der Waals surface area (Å²) < 4.78 is 1.57. The predicted octanol–water partition coefficient (Wildman–Crippen LogP) is 3.68. The molecule has 102 valence electrons. The van der Waals surface area contributed by atoms with Crippen molar-refractivity contribution in [2.75, 3.05) is 5.33 Å². The molecule has 0 N–H and O–H groups in total. The SMILES string of the molecule is Cc1cnn(CCCCCCCCCBr)c(=O)c1. The Bertz CT molecular complexity index is 390. The number of rotatable bonds is 9. The minimum atomic E-state index is 0.0207. The van der Waals surface area contributed by atoms with Crippen molar-refractivity contribution in [2.45, 2.75) is 58.4 Å². The topological polar surface area (TPSA) is 34.9 Å². The van der Waals surface area contributed by atoms with Crippen molar-refractivity contribution in [1.82, 2.24) is 9.78 Å². The van der Waals surface area contributed by atoms with Gasteiger partial charge in [0.05, 0.1) is 6.20 Å². The summed E-state index contributed by atoms with van der Waals surface area (Å²) in [7, 11) is 0. The van der Waals surface area contributed by atoms with Gasteiger partial charge < -0.3 is 0 Å². The van der Waals surface area contributed by atoms with E-state index in [0.717, 1.165) is 23.9 Å². The molecular weight excluding hydrogens is 292 g/mol. The molecule has 4 heteroatoms. The van der Waals surface area contributed by atoms with Gasteiger partial charge in [0.1, 0.15) is 0 Å². The van der Waals surface area contributed by atoms with E-state index in [1.165, 1.54) is 38.5 Å². The van der Waals surface area contributed by atoms with Gasteiger partial charge in [0, 0.05) is 17.9 Å². The Morgan fingerprint density at radius 1 is 1.11 bits per heavy atom. The van der Waals surface area contributed by atoms with Crippen LogP contribution in [0.5, 0.6) is 0 Å². The molecule has 0 atom stereocenters. The molecule has 18 heavy (non-hydrogen) atoms. The van der Waals surface area contributed by atoms with Crippen molar-refractivity contribution in [1.29, 1.82) is 0 Å². The largest absolute Gasteiger partial charge is 0.268 e. The Morgan fingerprint density at radius 2 is 1.72 bits per heavy atom. The standard InChI is InChI=1S/C14H23BrN2O/c1-13-11-14(18)17(16-12-13)10-8-6-4-2-3-5-7-9-15/h11-12H,2-10H2,1H3. The summed E-state index contributed by atoms with van der Waals surface area (Å²) in [6.07, 6.45) is 10.5. The summed E-state index contributed by atoms with van der Waals surface area (Å²) in [5.41, 5.74) is 0.954. The van der Waals surface area contributed by atoms with Crippen LogP contribution in [0.2, 0.25) is 0 Å². The fourth-order valence-electron chi connectivity index (χ4n) is 1.93. The number of halogens is 1. The van der Waals surface area contributed by atoms with E-state index < -0.39 is 0 Å². The van der Waals surface area contributed by atoms with Crippen molar-refractivity contribution in [2.24, 2.45) is 0 Å². The Hall–Kier alpha value is -0.640. The highest BCUT2D eigenvalue weighted by atomic mass is 79.9. The van der Waals surface area contributed by atoms with E-state index in [2.05, 4.69) is 21.0 Å². The monoisotopic (exact) mass is 314 g/mol. The van der Waals surface area contributed by atoms with Crippen LogP contribution in [0.3, 0.4) is 0 Å². The summed E-state index contributed by atoms with van der Waals surface area (Å²) in [5.74, 6) is 0. The third-order valence-corrected chi connectivity index (χ3v) is 3.57. The van der Waals surface area contributed by atoms with Crippen molar-refractivity contribution in [3.8, 4) is 0 Å². The lowest BCUT2D eigenvalue weighted by atomic mass is 10.1. The number of hydrogen-bond acceptors (Lipinski definition) is 2. The third kappa shape index (κ3) is 6.34. The minimum Gasteiger partial charge on any atom is -0.268 e. The maximum atomic E-state index is 11.6. The van der Waals surface area contributed by atoms with Crippen LogP contribution in [0.15, 0.2) is 17.1 Å². The highest BCUT2D eigenvalue weighted by Crippen LogP contribution is 2.08. The lowest BCUT2D eigenvalue weighted by molar-refractivity contribution is 0.506. The zero-order chi connectivity index (χ0) is 13.2. The summed E-state index contributed by atoms with van der Waals surface area (Å²) in [6, 6.07) is 1.65. The second-order valence-corrected chi connectivity index (χ2v) is 5.55. The van der Waals surface area contributed by atoms with E-state index >= 15 is 0 Å². The van der Waals surface area contributed by atoms with Crippen molar-refractivity contribution in [3.63, 3.8) is 0 Å². The normalized spacial score (nSPS) is 10.8. The number of aryl methyl sites for hydroxylation is 2. The van der Waals surface area contributed by atoms with Crippen LogP contribution < -0.4 is 5.56 Å². The quantitative estimate of drug-likeness (QED) is 0.515. The molecule has 0 saturated heterocycles. The first-order valence-corrected chi connectivity index (χ1v) is 7.96. The average molecular weight is 315 g/mol. The first kappa shape index (κ1) is 15.4. The van der Waals surface area contributed by atoms with Crippen LogP contribution in [0.4, 0.5) is 0 Å². The molecule has 1 aromatic heterocycles. The van der Waals surface area contributed by atoms with E-state index in [4.69, 9.17) is 0 Å². The molecule has 0 aliphatic carbocycles. The maximum absolute atomic E-state index is 11.6. The van der Waals surface area contributed by atoms with Gasteiger partial charge in [0.15, 0.2) is 0 Å². The lowest BCUT2D eigenvalue weighted by Gasteiger charge is -2.04. The summed E-state index contributed by atoms with van der Waals surface area (Å²) >= 11 is 3.44. The molecule has 0 amide bonds. The number of nitrogens with zero attached hydrogens (tertiary/aromatic N) is 2. The van der Waals surface area contributed by atoms with Crippen LogP contribution in [0.1, 0.15) is 50.5 Å². The summed E-state index contributed by atoms with van der Waals surface area (Å²) in [4.78, 5) is 11.6. The van der Waals surface area contributed by atoms with Gasteiger partial charge in [-0.05, 0) is 25.3 Å². The molecule has 0 spiro atoms. The Balaban J connectivity index is 2.09. The second-order valence-electron chi connectivity index (χ2n) is 4.76. The molecule has 1 rings (SSSR count). The highest BCUT2D eigenvalue weighted by Gasteiger charge is 1.97. The smallest absolute Gasteiger partial charge is 0.266 e. The van der Waals surface area contributed by atoms with Crippen molar-refractivity contribution < 1.29 is 0 Å². The molecule has 0 aliphatic heterocycles. The van der Waals surface area contributed by atoms with Crippen molar-refractivity contribution >= 4 is 15.9 Å². The fraction of sp³-hybridized carbons (Fsp3) is 0.714. The maximum Gasteiger partial charge on any atom is 0.266 e. The molecule has 0 bridgehead atoms. The number of alkyl halides is 1. The zero-order valence-electron chi connectivity index (χ0n) is 11.2. The van der Waals surface area contributed by atoms with E-state index in [-0.39, 0.29) is 5.56 Å². The summed E-state index contributed by atoms with van der Waals surface area (Å²) in [5, 5.41) is 5.26. The molecule has 0 radical (unpaired) electrons. The molecule has 0 saturated carbocycles. The highest BCUT2D eigenvalue weighted by molar-refractivity contribution is 9.09. The molecule has 0 unspecified atom stereocenters. The van der Waals surface area contributed by atoms with Crippen LogP contribution >= 0.6 is 15.9 Å².